The lowest BCUT2D eigenvalue weighted by atomic mass is 9.69. The second kappa shape index (κ2) is 4.24. The molecule has 3 rings (SSSR count). The van der Waals surface area contributed by atoms with Crippen LogP contribution in [-0.4, -0.2) is 9.55 Å². The summed E-state index contributed by atoms with van der Waals surface area (Å²) < 4.78 is 2.24. The van der Waals surface area contributed by atoms with Gasteiger partial charge < -0.3 is 4.57 Å². The van der Waals surface area contributed by atoms with Crippen LogP contribution in [0.5, 0.6) is 0 Å². The Bertz CT molecular complexity index is 629. The Hall–Kier alpha value is -2.08. The molecule has 3 heteroatoms. The van der Waals surface area contributed by atoms with Gasteiger partial charge in [-0.2, -0.15) is 5.26 Å². The summed E-state index contributed by atoms with van der Waals surface area (Å²) in [5.74, 6) is 0.344. The third kappa shape index (κ3) is 1.94. The maximum Gasteiger partial charge on any atom is 0.0991 e. The zero-order chi connectivity index (χ0) is 13.5. The summed E-state index contributed by atoms with van der Waals surface area (Å²) in [6.45, 7) is 5.66. The molecule has 3 nitrogen and oxygen atoms in total. The second-order valence-electron chi connectivity index (χ2n) is 5.92. The molecule has 19 heavy (non-hydrogen) atoms. The second-order valence-corrected chi connectivity index (χ2v) is 5.92. The van der Waals surface area contributed by atoms with E-state index in [4.69, 9.17) is 5.26 Å². The van der Waals surface area contributed by atoms with Gasteiger partial charge in [-0.25, -0.2) is 4.98 Å². The van der Waals surface area contributed by atoms with E-state index in [1.54, 1.807) is 0 Å². The van der Waals surface area contributed by atoms with Crippen molar-refractivity contribution in [1.29, 1.82) is 5.26 Å². The maximum absolute atomic E-state index is 8.90. The average molecular weight is 251 g/mol. The largest absolute Gasteiger partial charge is 0.334 e. The van der Waals surface area contributed by atoms with Crippen LogP contribution >= 0.6 is 0 Å². The minimum Gasteiger partial charge on any atom is -0.334 e. The Labute approximate surface area is 113 Å². The van der Waals surface area contributed by atoms with Crippen LogP contribution in [0, 0.1) is 16.7 Å². The molecule has 0 radical (unpaired) electrons. The maximum atomic E-state index is 8.90. The minimum atomic E-state index is 0.212. The molecule has 0 saturated heterocycles. The van der Waals surface area contributed by atoms with E-state index in [-0.39, 0.29) is 5.41 Å². The molecule has 1 aliphatic rings. The number of fused-ring (bicyclic) bond motifs is 1. The van der Waals surface area contributed by atoms with Crippen LogP contribution in [0.2, 0.25) is 0 Å². The highest BCUT2D eigenvalue weighted by Gasteiger charge is 2.37. The topological polar surface area (TPSA) is 41.6 Å². The van der Waals surface area contributed by atoms with Gasteiger partial charge in [0, 0.05) is 24.4 Å². The highest BCUT2D eigenvalue weighted by molar-refractivity contribution is 5.37. The highest BCUT2D eigenvalue weighted by atomic mass is 15.1. The third-order valence-corrected chi connectivity index (χ3v) is 4.19. The first-order valence-electron chi connectivity index (χ1n) is 6.62. The van der Waals surface area contributed by atoms with Gasteiger partial charge in [0.15, 0.2) is 0 Å². The molecule has 1 aromatic carbocycles. The van der Waals surface area contributed by atoms with Crippen molar-refractivity contribution in [3.8, 4) is 6.07 Å². The predicted octanol–water partition coefficient (Wildman–Crippen LogP) is 3.32. The zero-order valence-electron chi connectivity index (χ0n) is 11.3. The summed E-state index contributed by atoms with van der Waals surface area (Å²) in [5, 5.41) is 8.90. The van der Waals surface area contributed by atoms with Gasteiger partial charge in [-0.1, -0.05) is 26.0 Å². The van der Waals surface area contributed by atoms with E-state index in [1.165, 1.54) is 11.3 Å². The van der Waals surface area contributed by atoms with Crippen molar-refractivity contribution in [1.82, 2.24) is 9.55 Å². The molecule has 1 aliphatic heterocycles. The summed E-state index contributed by atoms with van der Waals surface area (Å²) in [4.78, 5) is 4.29. The van der Waals surface area contributed by atoms with Crippen LogP contribution in [0.3, 0.4) is 0 Å². The summed E-state index contributed by atoms with van der Waals surface area (Å²) in [6.07, 6.45) is 5.03. The molecule has 0 fully saturated rings. The highest BCUT2D eigenvalue weighted by Crippen LogP contribution is 2.46. The molecule has 96 valence electrons. The molecule has 0 amide bonds. The van der Waals surface area contributed by atoms with E-state index >= 15 is 0 Å². The number of nitrogens with zero attached hydrogens (tertiary/aromatic N) is 3. The Morgan fingerprint density at radius 2 is 2.05 bits per heavy atom. The molecule has 0 saturated carbocycles. The SMILES string of the molecule is CC1(C)CCn2cncc2C1c1ccc(C#N)cc1. The molecule has 1 atom stereocenters. The summed E-state index contributed by atoms with van der Waals surface area (Å²) in [7, 11) is 0. The lowest BCUT2D eigenvalue weighted by Gasteiger charge is -2.39. The number of aromatic nitrogens is 2. The lowest BCUT2D eigenvalue weighted by molar-refractivity contribution is 0.234. The molecule has 0 aliphatic carbocycles. The molecule has 2 aromatic rings. The quantitative estimate of drug-likeness (QED) is 0.780. The van der Waals surface area contributed by atoms with E-state index in [2.05, 4.69) is 41.6 Å². The normalized spacial score (nSPS) is 20.6. The fourth-order valence-corrected chi connectivity index (χ4v) is 3.08. The van der Waals surface area contributed by atoms with Crippen LogP contribution < -0.4 is 0 Å². The smallest absolute Gasteiger partial charge is 0.0991 e. The number of nitriles is 1. The first kappa shape index (κ1) is 12.0. The number of hydrogen-bond donors (Lipinski definition) is 0. The first-order valence-corrected chi connectivity index (χ1v) is 6.62. The Morgan fingerprint density at radius 1 is 1.32 bits per heavy atom. The van der Waals surface area contributed by atoms with Crippen molar-refractivity contribution in [2.45, 2.75) is 32.7 Å². The number of imidazole rings is 1. The van der Waals surface area contributed by atoms with Gasteiger partial charge in [0.25, 0.3) is 0 Å². The van der Waals surface area contributed by atoms with Gasteiger partial charge in [0.2, 0.25) is 0 Å². The Kier molecular flexibility index (Phi) is 2.67. The van der Waals surface area contributed by atoms with Crippen LogP contribution in [0.4, 0.5) is 0 Å². The molecule has 0 bridgehead atoms. The third-order valence-electron chi connectivity index (χ3n) is 4.19. The van der Waals surface area contributed by atoms with Gasteiger partial charge in [-0.15, -0.1) is 0 Å². The van der Waals surface area contributed by atoms with Gasteiger partial charge in [-0.05, 0) is 29.5 Å². The summed E-state index contributed by atoms with van der Waals surface area (Å²) in [5.41, 5.74) is 3.47. The van der Waals surface area contributed by atoms with Crippen LogP contribution in [0.15, 0.2) is 36.8 Å². The van der Waals surface area contributed by atoms with Crippen molar-refractivity contribution in [2.75, 3.05) is 0 Å². The van der Waals surface area contributed by atoms with E-state index < -0.39 is 0 Å². The molecular formula is C16H17N3. The average Bonchev–Trinajstić information content (AvgIpc) is 2.86. The van der Waals surface area contributed by atoms with E-state index in [0.29, 0.717) is 11.5 Å². The van der Waals surface area contributed by atoms with Crippen molar-refractivity contribution in [3.63, 3.8) is 0 Å². The van der Waals surface area contributed by atoms with Crippen LogP contribution in [-0.2, 0) is 6.54 Å². The summed E-state index contributed by atoms with van der Waals surface area (Å²) in [6, 6.07) is 10.1. The Morgan fingerprint density at radius 3 is 2.74 bits per heavy atom. The van der Waals surface area contributed by atoms with E-state index in [9.17, 15) is 0 Å². The van der Waals surface area contributed by atoms with Gasteiger partial charge >= 0.3 is 0 Å². The van der Waals surface area contributed by atoms with Gasteiger partial charge in [0.05, 0.1) is 18.0 Å². The number of aryl methyl sites for hydroxylation is 1. The molecule has 1 unspecified atom stereocenters. The van der Waals surface area contributed by atoms with Crippen molar-refractivity contribution in [2.24, 2.45) is 5.41 Å². The fraction of sp³-hybridized carbons (Fsp3) is 0.375. The molecule has 2 heterocycles. The lowest BCUT2D eigenvalue weighted by Crippen LogP contribution is -2.31. The van der Waals surface area contributed by atoms with E-state index in [1.807, 2.05) is 24.7 Å². The van der Waals surface area contributed by atoms with Gasteiger partial charge in [-0.3, -0.25) is 0 Å². The zero-order valence-corrected chi connectivity index (χ0v) is 11.3. The number of rotatable bonds is 1. The minimum absolute atomic E-state index is 0.212. The van der Waals surface area contributed by atoms with Crippen molar-refractivity contribution >= 4 is 0 Å². The van der Waals surface area contributed by atoms with Crippen LogP contribution in [0.25, 0.3) is 0 Å². The molecular weight excluding hydrogens is 234 g/mol. The predicted molar refractivity (Wildman–Crippen MR) is 73.6 cm³/mol. The van der Waals surface area contributed by atoms with Crippen molar-refractivity contribution < 1.29 is 0 Å². The fourth-order valence-electron chi connectivity index (χ4n) is 3.08. The monoisotopic (exact) mass is 251 g/mol. The van der Waals surface area contributed by atoms with Crippen LogP contribution in [0.1, 0.15) is 43.0 Å². The van der Waals surface area contributed by atoms with Crippen molar-refractivity contribution in [3.05, 3.63) is 53.6 Å². The Balaban J connectivity index is 2.09. The van der Waals surface area contributed by atoms with Gasteiger partial charge in [0.1, 0.15) is 0 Å². The molecule has 0 spiro atoms. The number of benzene rings is 1. The standard InChI is InChI=1S/C16H17N3/c1-16(2)7-8-19-11-18-10-14(19)15(16)13-5-3-12(9-17)4-6-13/h3-6,10-11,15H,7-8H2,1-2H3. The summed E-state index contributed by atoms with van der Waals surface area (Å²) >= 11 is 0. The molecule has 0 N–H and O–H groups in total. The first-order chi connectivity index (χ1) is 9.12. The molecule has 1 aromatic heterocycles. The van der Waals surface area contributed by atoms with E-state index in [0.717, 1.165) is 13.0 Å². The number of hydrogen-bond acceptors (Lipinski definition) is 2.